The van der Waals surface area contributed by atoms with Crippen molar-refractivity contribution in [2.24, 2.45) is 0 Å². The van der Waals surface area contributed by atoms with E-state index in [-0.39, 0.29) is 12.4 Å². The molecule has 1 aromatic carbocycles. The zero-order valence-corrected chi connectivity index (χ0v) is 11.6. The van der Waals surface area contributed by atoms with Gasteiger partial charge in [0.1, 0.15) is 5.75 Å². The van der Waals surface area contributed by atoms with Crippen molar-refractivity contribution in [2.75, 3.05) is 7.11 Å². The predicted octanol–water partition coefficient (Wildman–Crippen LogP) is 2.67. The Morgan fingerprint density at radius 1 is 1.19 bits per heavy atom. The Morgan fingerprint density at radius 2 is 1.95 bits per heavy atom. The summed E-state index contributed by atoms with van der Waals surface area (Å²) < 4.78 is 6.92. The Bertz CT molecular complexity index is 787. The zero-order valence-electron chi connectivity index (χ0n) is 11.6. The predicted molar refractivity (Wildman–Crippen MR) is 79.7 cm³/mol. The summed E-state index contributed by atoms with van der Waals surface area (Å²) in [6.45, 7) is -0.0927. The van der Waals surface area contributed by atoms with Crippen LogP contribution in [0.1, 0.15) is 21.6 Å². The van der Waals surface area contributed by atoms with Gasteiger partial charge < -0.3 is 14.2 Å². The summed E-state index contributed by atoms with van der Waals surface area (Å²) in [5.41, 5.74) is 2.73. The summed E-state index contributed by atoms with van der Waals surface area (Å²) in [5.74, 6) is 0.621. The summed E-state index contributed by atoms with van der Waals surface area (Å²) in [7, 11) is 1.59. The Labute approximate surface area is 122 Å². The van der Waals surface area contributed by atoms with Gasteiger partial charge in [0.25, 0.3) is 0 Å². The van der Waals surface area contributed by atoms with Crippen molar-refractivity contribution in [2.45, 2.75) is 6.61 Å². The fourth-order valence-electron chi connectivity index (χ4n) is 2.36. The Hall–Kier alpha value is -2.59. The van der Waals surface area contributed by atoms with Gasteiger partial charge in [-0.05, 0) is 54.1 Å². The van der Waals surface area contributed by atoms with Crippen molar-refractivity contribution < 1.29 is 14.6 Å². The van der Waals surface area contributed by atoms with E-state index in [2.05, 4.69) is 0 Å². The van der Waals surface area contributed by atoms with Crippen molar-refractivity contribution in [3.05, 3.63) is 71.5 Å². The lowest BCUT2D eigenvalue weighted by atomic mass is 10.1. The Kier molecular flexibility index (Phi) is 3.46. The largest absolute Gasteiger partial charge is 0.497 e. The quantitative estimate of drug-likeness (QED) is 0.748. The van der Waals surface area contributed by atoms with Crippen LogP contribution in [0.4, 0.5) is 0 Å². The topological polar surface area (TPSA) is 50.9 Å². The minimum Gasteiger partial charge on any atom is -0.497 e. The van der Waals surface area contributed by atoms with Crippen LogP contribution in [0.3, 0.4) is 0 Å². The first-order chi connectivity index (χ1) is 10.2. The maximum atomic E-state index is 12.7. The number of benzene rings is 1. The van der Waals surface area contributed by atoms with E-state index in [1.165, 1.54) is 0 Å². The number of fused-ring (bicyclic) bond motifs is 1. The summed E-state index contributed by atoms with van der Waals surface area (Å²) in [4.78, 5) is 12.7. The van der Waals surface area contributed by atoms with Gasteiger partial charge in [0, 0.05) is 17.3 Å². The number of ether oxygens (including phenoxy) is 1. The summed E-state index contributed by atoms with van der Waals surface area (Å²) in [6.07, 6.45) is 1.84. The molecule has 0 spiro atoms. The SMILES string of the molecule is COc1ccc(C(=O)c2cc(CO)cc3cccn23)cc1. The van der Waals surface area contributed by atoms with Gasteiger partial charge in [0.05, 0.1) is 19.4 Å². The number of carbonyl (C=O) groups excluding carboxylic acids is 1. The molecule has 1 N–H and O–H groups in total. The number of hydrogen-bond acceptors (Lipinski definition) is 3. The molecular formula is C17H15NO3. The fraction of sp³-hybridized carbons (Fsp3) is 0.118. The molecule has 4 nitrogen and oxygen atoms in total. The number of hydrogen-bond donors (Lipinski definition) is 1. The van der Waals surface area contributed by atoms with Gasteiger partial charge in [-0.1, -0.05) is 0 Å². The molecule has 0 aliphatic rings. The average molecular weight is 281 g/mol. The monoisotopic (exact) mass is 281 g/mol. The van der Waals surface area contributed by atoms with Gasteiger partial charge in [0.15, 0.2) is 0 Å². The van der Waals surface area contributed by atoms with Crippen LogP contribution in [0, 0.1) is 0 Å². The van der Waals surface area contributed by atoms with Gasteiger partial charge in [0.2, 0.25) is 5.78 Å². The number of nitrogens with zero attached hydrogens (tertiary/aromatic N) is 1. The van der Waals surface area contributed by atoms with Crippen LogP contribution in [0.15, 0.2) is 54.7 Å². The standard InChI is InChI=1S/C17H15NO3/c1-21-15-6-4-13(5-7-15)17(20)16-10-12(11-19)9-14-3-2-8-18(14)16/h2-10,19H,11H2,1H3. The van der Waals surface area contributed by atoms with Crippen molar-refractivity contribution in [3.8, 4) is 5.75 Å². The second-order valence-electron chi connectivity index (χ2n) is 4.77. The van der Waals surface area contributed by atoms with Gasteiger partial charge in [-0.2, -0.15) is 0 Å². The number of ketones is 1. The normalized spacial score (nSPS) is 10.8. The van der Waals surface area contributed by atoms with Crippen LogP contribution in [0.2, 0.25) is 0 Å². The molecule has 0 aliphatic carbocycles. The molecule has 0 radical (unpaired) electrons. The zero-order chi connectivity index (χ0) is 14.8. The number of carbonyl (C=O) groups is 1. The molecule has 0 saturated heterocycles. The number of aliphatic hydroxyl groups excluding tert-OH is 1. The molecule has 0 unspecified atom stereocenters. The van der Waals surface area contributed by atoms with Crippen LogP contribution in [-0.4, -0.2) is 22.4 Å². The Morgan fingerprint density at radius 3 is 2.62 bits per heavy atom. The Balaban J connectivity index is 2.09. The molecule has 2 heterocycles. The van der Waals surface area contributed by atoms with Gasteiger partial charge >= 0.3 is 0 Å². The minimum absolute atomic E-state index is 0.0887. The van der Waals surface area contributed by atoms with E-state index in [0.717, 1.165) is 11.1 Å². The molecule has 0 aliphatic heterocycles. The molecular weight excluding hydrogens is 266 g/mol. The first-order valence-electron chi connectivity index (χ1n) is 6.62. The lowest BCUT2D eigenvalue weighted by Crippen LogP contribution is -2.08. The lowest BCUT2D eigenvalue weighted by molar-refractivity contribution is 0.103. The van der Waals surface area contributed by atoms with Crippen LogP contribution in [0.25, 0.3) is 5.52 Å². The number of aliphatic hydroxyl groups is 1. The number of methoxy groups -OCH3 is 1. The molecule has 21 heavy (non-hydrogen) atoms. The lowest BCUT2D eigenvalue weighted by Gasteiger charge is -2.08. The van der Waals surface area contributed by atoms with Crippen molar-refractivity contribution in [1.29, 1.82) is 0 Å². The smallest absolute Gasteiger partial charge is 0.209 e. The third-order valence-electron chi connectivity index (χ3n) is 3.46. The van der Waals surface area contributed by atoms with E-state index in [9.17, 15) is 9.90 Å². The first kappa shape index (κ1) is 13.4. The molecule has 0 fully saturated rings. The van der Waals surface area contributed by atoms with E-state index in [1.54, 1.807) is 37.4 Å². The van der Waals surface area contributed by atoms with Gasteiger partial charge in [-0.25, -0.2) is 0 Å². The molecule has 0 atom stereocenters. The van der Waals surface area contributed by atoms with E-state index < -0.39 is 0 Å². The van der Waals surface area contributed by atoms with Crippen molar-refractivity contribution in [3.63, 3.8) is 0 Å². The highest BCUT2D eigenvalue weighted by Crippen LogP contribution is 2.18. The summed E-state index contributed by atoms with van der Waals surface area (Å²) in [6, 6.07) is 14.4. The molecule has 3 rings (SSSR count). The fourth-order valence-corrected chi connectivity index (χ4v) is 2.36. The third-order valence-corrected chi connectivity index (χ3v) is 3.46. The minimum atomic E-state index is -0.0927. The number of rotatable bonds is 4. The number of aromatic nitrogens is 1. The van der Waals surface area contributed by atoms with Crippen LogP contribution in [0.5, 0.6) is 5.75 Å². The van der Waals surface area contributed by atoms with Crippen molar-refractivity contribution in [1.82, 2.24) is 4.40 Å². The van der Waals surface area contributed by atoms with Crippen LogP contribution >= 0.6 is 0 Å². The third kappa shape index (κ3) is 2.41. The second kappa shape index (κ2) is 5.42. The van der Waals surface area contributed by atoms with Crippen LogP contribution < -0.4 is 4.74 Å². The second-order valence-corrected chi connectivity index (χ2v) is 4.77. The molecule has 3 aromatic rings. The van der Waals surface area contributed by atoms with E-state index in [4.69, 9.17) is 4.74 Å². The summed E-state index contributed by atoms with van der Waals surface area (Å²) >= 11 is 0. The maximum Gasteiger partial charge on any atom is 0.209 e. The van der Waals surface area contributed by atoms with E-state index >= 15 is 0 Å². The number of pyridine rings is 1. The summed E-state index contributed by atoms with van der Waals surface area (Å²) in [5, 5.41) is 9.34. The molecule has 2 aromatic heterocycles. The molecule has 0 saturated carbocycles. The van der Waals surface area contributed by atoms with Gasteiger partial charge in [-0.15, -0.1) is 0 Å². The molecule has 106 valence electrons. The van der Waals surface area contributed by atoms with E-state index in [1.807, 2.05) is 28.8 Å². The van der Waals surface area contributed by atoms with Crippen LogP contribution in [-0.2, 0) is 6.61 Å². The molecule has 0 bridgehead atoms. The highest BCUT2D eigenvalue weighted by Gasteiger charge is 2.14. The highest BCUT2D eigenvalue weighted by molar-refractivity contribution is 6.08. The first-order valence-corrected chi connectivity index (χ1v) is 6.62. The molecule has 4 heteroatoms. The maximum absolute atomic E-state index is 12.7. The highest BCUT2D eigenvalue weighted by atomic mass is 16.5. The molecule has 0 amide bonds. The van der Waals surface area contributed by atoms with Crippen molar-refractivity contribution >= 4 is 11.3 Å². The average Bonchev–Trinajstić information content (AvgIpc) is 3.01. The van der Waals surface area contributed by atoms with Gasteiger partial charge in [-0.3, -0.25) is 4.79 Å². The van der Waals surface area contributed by atoms with E-state index in [0.29, 0.717) is 17.0 Å².